The van der Waals surface area contributed by atoms with Crippen molar-refractivity contribution in [3.8, 4) is 0 Å². The van der Waals surface area contributed by atoms with E-state index in [1.807, 2.05) is 51.1 Å². The van der Waals surface area contributed by atoms with Gasteiger partial charge >= 0.3 is 0 Å². The zero-order valence-corrected chi connectivity index (χ0v) is 13.2. The van der Waals surface area contributed by atoms with Crippen LogP contribution in [0.1, 0.15) is 27.2 Å². The number of benzene rings is 1. The van der Waals surface area contributed by atoms with Crippen LogP contribution < -0.4 is 5.32 Å². The maximum absolute atomic E-state index is 12.5. The maximum atomic E-state index is 12.5. The molecule has 0 bridgehead atoms. The minimum atomic E-state index is -0.455. The Morgan fingerprint density at radius 3 is 2.67 bits per heavy atom. The number of hydrogen-bond acceptors (Lipinski definition) is 3. The lowest BCUT2D eigenvalue weighted by Crippen LogP contribution is -2.41. The molecule has 1 aromatic rings. The van der Waals surface area contributed by atoms with E-state index in [2.05, 4.69) is 10.2 Å². The minimum Gasteiger partial charge on any atom is -0.393 e. The van der Waals surface area contributed by atoms with Crippen molar-refractivity contribution in [1.82, 2.24) is 4.90 Å². The van der Waals surface area contributed by atoms with Gasteiger partial charge in [0.05, 0.1) is 11.5 Å². The first kappa shape index (κ1) is 16.0. The van der Waals surface area contributed by atoms with E-state index in [1.165, 1.54) is 0 Å². The summed E-state index contributed by atoms with van der Waals surface area (Å²) >= 11 is 0. The molecule has 4 nitrogen and oxygen atoms in total. The van der Waals surface area contributed by atoms with Gasteiger partial charge in [-0.05, 0) is 51.8 Å². The Hall–Kier alpha value is -1.39. The third kappa shape index (κ3) is 4.29. The van der Waals surface area contributed by atoms with Crippen molar-refractivity contribution in [3.63, 3.8) is 0 Å². The molecule has 0 aliphatic carbocycles. The van der Waals surface area contributed by atoms with Crippen LogP contribution in [0.4, 0.5) is 5.69 Å². The molecule has 1 heterocycles. The molecule has 1 fully saturated rings. The average Bonchev–Trinajstić information content (AvgIpc) is 2.88. The third-order valence-electron chi connectivity index (χ3n) is 4.26. The van der Waals surface area contributed by atoms with Crippen molar-refractivity contribution in [2.75, 3.05) is 25.0 Å². The summed E-state index contributed by atoms with van der Waals surface area (Å²) < 4.78 is 0. The van der Waals surface area contributed by atoms with E-state index in [0.29, 0.717) is 5.92 Å². The van der Waals surface area contributed by atoms with Crippen molar-refractivity contribution in [2.24, 2.45) is 11.3 Å². The summed E-state index contributed by atoms with van der Waals surface area (Å²) in [5, 5.41) is 12.6. The fourth-order valence-electron chi connectivity index (χ4n) is 2.85. The van der Waals surface area contributed by atoms with E-state index in [1.54, 1.807) is 0 Å². The first-order valence-electron chi connectivity index (χ1n) is 7.65. The van der Waals surface area contributed by atoms with Crippen LogP contribution in [0.3, 0.4) is 0 Å². The Morgan fingerprint density at radius 2 is 2.10 bits per heavy atom. The molecule has 21 heavy (non-hydrogen) atoms. The number of nitrogens with one attached hydrogen (secondary N) is 1. The molecule has 0 aromatic heterocycles. The minimum absolute atomic E-state index is 0.0363. The molecule has 1 saturated heterocycles. The molecule has 0 radical (unpaired) electrons. The number of aliphatic hydroxyl groups is 1. The molecule has 2 atom stereocenters. The molecule has 0 spiro atoms. The van der Waals surface area contributed by atoms with Gasteiger partial charge < -0.3 is 15.3 Å². The highest BCUT2D eigenvalue weighted by Crippen LogP contribution is 2.26. The van der Waals surface area contributed by atoms with E-state index >= 15 is 0 Å². The second-order valence-electron chi connectivity index (χ2n) is 6.73. The van der Waals surface area contributed by atoms with Crippen molar-refractivity contribution in [2.45, 2.75) is 33.3 Å². The van der Waals surface area contributed by atoms with E-state index in [0.717, 1.165) is 31.7 Å². The van der Waals surface area contributed by atoms with Gasteiger partial charge in [-0.3, -0.25) is 4.79 Å². The number of nitrogens with zero attached hydrogens (tertiary/aromatic N) is 1. The number of rotatable bonds is 5. The van der Waals surface area contributed by atoms with Crippen LogP contribution >= 0.6 is 0 Å². The van der Waals surface area contributed by atoms with E-state index < -0.39 is 5.41 Å². The maximum Gasteiger partial charge on any atom is 0.231 e. The first-order valence-corrected chi connectivity index (χ1v) is 7.65. The van der Waals surface area contributed by atoms with Gasteiger partial charge in [-0.2, -0.15) is 0 Å². The third-order valence-corrected chi connectivity index (χ3v) is 4.26. The zero-order valence-electron chi connectivity index (χ0n) is 13.2. The molecule has 2 rings (SSSR count). The SMILES string of the molecule is CC(O)C1CCN(CC(C)(C)C(=O)Nc2ccccc2)C1. The number of carbonyl (C=O) groups excluding carboxylic acids is 1. The molecule has 1 aliphatic rings. The van der Waals surface area contributed by atoms with Crippen molar-refractivity contribution >= 4 is 11.6 Å². The van der Waals surface area contributed by atoms with Crippen LogP contribution in [0.5, 0.6) is 0 Å². The summed E-state index contributed by atoms with van der Waals surface area (Å²) in [5.74, 6) is 0.368. The Kier molecular flexibility index (Phi) is 5.01. The highest BCUT2D eigenvalue weighted by Gasteiger charge is 2.34. The smallest absolute Gasteiger partial charge is 0.231 e. The molecule has 1 aromatic carbocycles. The van der Waals surface area contributed by atoms with Crippen LogP contribution in [0, 0.1) is 11.3 Å². The fourth-order valence-corrected chi connectivity index (χ4v) is 2.85. The largest absolute Gasteiger partial charge is 0.393 e. The number of hydrogen-bond donors (Lipinski definition) is 2. The molecule has 1 amide bonds. The quantitative estimate of drug-likeness (QED) is 0.875. The molecule has 2 unspecified atom stereocenters. The van der Waals surface area contributed by atoms with Crippen LogP contribution in [0.2, 0.25) is 0 Å². The van der Waals surface area contributed by atoms with E-state index in [9.17, 15) is 9.90 Å². The topological polar surface area (TPSA) is 52.6 Å². The molecule has 1 aliphatic heterocycles. The summed E-state index contributed by atoms with van der Waals surface area (Å²) in [7, 11) is 0. The molecular formula is C17H26N2O2. The summed E-state index contributed by atoms with van der Waals surface area (Å²) in [6.07, 6.45) is 0.741. The van der Waals surface area contributed by atoms with Gasteiger partial charge in [0.25, 0.3) is 0 Å². The predicted octanol–water partition coefficient (Wildman–Crippen LogP) is 2.35. The standard InChI is InChI=1S/C17H26N2O2/c1-13(20)14-9-10-19(11-14)12-17(2,3)16(21)18-15-7-5-4-6-8-15/h4-8,13-14,20H,9-12H2,1-3H3,(H,18,21). The van der Waals surface area contributed by atoms with Crippen LogP contribution in [0.15, 0.2) is 30.3 Å². The fraction of sp³-hybridized carbons (Fsp3) is 0.588. The normalized spacial score (nSPS) is 21.2. The molecular weight excluding hydrogens is 264 g/mol. The Labute approximate surface area is 127 Å². The molecule has 2 N–H and O–H groups in total. The Morgan fingerprint density at radius 1 is 1.43 bits per heavy atom. The lowest BCUT2D eigenvalue weighted by molar-refractivity contribution is -0.124. The number of para-hydroxylation sites is 1. The second-order valence-corrected chi connectivity index (χ2v) is 6.73. The van der Waals surface area contributed by atoms with Gasteiger partial charge in [-0.25, -0.2) is 0 Å². The molecule has 0 saturated carbocycles. The summed E-state index contributed by atoms with van der Waals surface area (Å²) in [5.41, 5.74) is 0.377. The van der Waals surface area contributed by atoms with Crippen LogP contribution in [0.25, 0.3) is 0 Å². The first-order chi connectivity index (χ1) is 9.88. The zero-order chi connectivity index (χ0) is 15.5. The summed E-state index contributed by atoms with van der Waals surface area (Å²) in [6, 6.07) is 9.55. The monoisotopic (exact) mass is 290 g/mol. The van der Waals surface area contributed by atoms with Crippen LogP contribution in [-0.4, -0.2) is 41.7 Å². The van der Waals surface area contributed by atoms with Crippen molar-refractivity contribution in [3.05, 3.63) is 30.3 Å². The van der Waals surface area contributed by atoms with Gasteiger partial charge in [0.15, 0.2) is 0 Å². The van der Waals surface area contributed by atoms with Gasteiger partial charge in [0.1, 0.15) is 0 Å². The highest BCUT2D eigenvalue weighted by molar-refractivity contribution is 5.94. The Balaban J connectivity index is 1.91. The van der Waals surface area contributed by atoms with Gasteiger partial charge in [0.2, 0.25) is 5.91 Å². The van der Waals surface area contributed by atoms with Crippen molar-refractivity contribution in [1.29, 1.82) is 0 Å². The molecule has 116 valence electrons. The average molecular weight is 290 g/mol. The van der Waals surface area contributed by atoms with Gasteiger partial charge in [-0.15, -0.1) is 0 Å². The number of aliphatic hydroxyl groups excluding tert-OH is 1. The van der Waals surface area contributed by atoms with Gasteiger partial charge in [0, 0.05) is 18.8 Å². The highest BCUT2D eigenvalue weighted by atomic mass is 16.3. The second kappa shape index (κ2) is 6.58. The number of amides is 1. The van der Waals surface area contributed by atoms with Crippen molar-refractivity contribution < 1.29 is 9.90 Å². The number of likely N-dealkylation sites (tertiary alicyclic amines) is 1. The summed E-state index contributed by atoms with van der Waals surface area (Å²) in [4.78, 5) is 14.7. The van der Waals surface area contributed by atoms with E-state index in [-0.39, 0.29) is 12.0 Å². The lowest BCUT2D eigenvalue weighted by atomic mass is 9.91. The Bertz CT molecular complexity index is 471. The van der Waals surface area contributed by atoms with Crippen LogP contribution in [-0.2, 0) is 4.79 Å². The summed E-state index contributed by atoms with van der Waals surface area (Å²) in [6.45, 7) is 8.34. The molecule has 4 heteroatoms. The number of carbonyl (C=O) groups is 1. The van der Waals surface area contributed by atoms with Gasteiger partial charge in [-0.1, -0.05) is 18.2 Å². The lowest BCUT2D eigenvalue weighted by Gasteiger charge is -2.29. The predicted molar refractivity (Wildman–Crippen MR) is 85.1 cm³/mol. The number of anilines is 1. The van der Waals surface area contributed by atoms with E-state index in [4.69, 9.17) is 0 Å².